The minimum Gasteiger partial charge on any atom is -0.493 e. The molecule has 1 aromatic heterocycles. The lowest BCUT2D eigenvalue weighted by molar-refractivity contribution is -0.118. The van der Waals surface area contributed by atoms with Crippen LogP contribution in [0.4, 0.5) is 10.7 Å². The van der Waals surface area contributed by atoms with Gasteiger partial charge in [0.15, 0.2) is 18.1 Å². The quantitative estimate of drug-likeness (QED) is 0.251. The van der Waals surface area contributed by atoms with Crippen LogP contribution in [0.15, 0.2) is 52.5 Å². The summed E-state index contributed by atoms with van der Waals surface area (Å²) in [5, 5.41) is 25.3. The van der Waals surface area contributed by atoms with Gasteiger partial charge in [0.25, 0.3) is 11.8 Å². The number of carbonyl (C=O) groups is 2. The third-order valence-corrected chi connectivity index (χ3v) is 7.77. The average molecular weight is 591 g/mol. The second-order valence-corrected chi connectivity index (χ2v) is 10.3. The molecule has 0 atom stereocenters. The number of nitrogens with zero attached hydrogens (tertiary/aromatic N) is 2. The summed E-state index contributed by atoms with van der Waals surface area (Å²) in [7, 11) is 1.45. The van der Waals surface area contributed by atoms with Gasteiger partial charge < -0.3 is 20.1 Å². The second-order valence-electron chi connectivity index (χ2n) is 8.38. The molecule has 192 valence electrons. The topological polar surface area (TPSA) is 124 Å². The largest absolute Gasteiger partial charge is 0.493 e. The molecule has 1 aliphatic carbocycles. The Hall–Kier alpha value is -4.12. The number of hydrogen-bond donors (Lipinski definition) is 2. The van der Waals surface area contributed by atoms with E-state index < -0.39 is 5.91 Å². The molecule has 4 rings (SSSR count). The molecule has 1 aliphatic rings. The number of halogens is 1. The fraction of sp³-hybridized carbons (Fsp3) is 0.214. The van der Waals surface area contributed by atoms with Crippen molar-refractivity contribution in [2.45, 2.75) is 25.7 Å². The number of rotatable bonds is 8. The number of thiophene rings is 1. The van der Waals surface area contributed by atoms with E-state index in [0.29, 0.717) is 37.8 Å². The van der Waals surface area contributed by atoms with Crippen LogP contribution < -0.4 is 20.1 Å². The van der Waals surface area contributed by atoms with E-state index in [1.54, 1.807) is 24.3 Å². The highest BCUT2D eigenvalue weighted by molar-refractivity contribution is 9.10. The van der Waals surface area contributed by atoms with E-state index in [1.807, 2.05) is 24.3 Å². The molecule has 0 bridgehead atoms. The molecule has 10 heteroatoms. The van der Waals surface area contributed by atoms with Crippen molar-refractivity contribution in [2.24, 2.45) is 0 Å². The van der Waals surface area contributed by atoms with Gasteiger partial charge in [0.2, 0.25) is 0 Å². The Labute approximate surface area is 232 Å². The Bertz CT molecular complexity index is 1490. The molecule has 38 heavy (non-hydrogen) atoms. The van der Waals surface area contributed by atoms with Crippen molar-refractivity contribution in [3.8, 4) is 23.6 Å². The first-order valence-electron chi connectivity index (χ1n) is 11.8. The Balaban J connectivity index is 1.50. The minimum atomic E-state index is -0.605. The number of amides is 2. The van der Waals surface area contributed by atoms with Gasteiger partial charge in [0.05, 0.1) is 12.7 Å². The summed E-state index contributed by atoms with van der Waals surface area (Å²) in [6, 6.07) is 16.4. The molecule has 2 amide bonds. The van der Waals surface area contributed by atoms with Gasteiger partial charge >= 0.3 is 0 Å². The summed E-state index contributed by atoms with van der Waals surface area (Å²) < 4.78 is 11.6. The molecule has 0 unspecified atom stereocenters. The van der Waals surface area contributed by atoms with Gasteiger partial charge in [0, 0.05) is 15.0 Å². The number of nitriles is 2. The van der Waals surface area contributed by atoms with Crippen molar-refractivity contribution in [1.29, 1.82) is 10.5 Å². The summed E-state index contributed by atoms with van der Waals surface area (Å²) in [5.74, 6) is -0.312. The fourth-order valence-corrected chi connectivity index (χ4v) is 5.71. The lowest BCUT2D eigenvalue weighted by atomic mass is 9.96. The molecular formula is C28H23BrN4O4S. The van der Waals surface area contributed by atoms with Gasteiger partial charge in [0.1, 0.15) is 22.7 Å². The lowest BCUT2D eigenvalue weighted by Crippen LogP contribution is -2.20. The lowest BCUT2D eigenvalue weighted by Gasteiger charge is -2.13. The highest BCUT2D eigenvalue weighted by atomic mass is 79.9. The Morgan fingerprint density at radius 1 is 1.11 bits per heavy atom. The van der Waals surface area contributed by atoms with Gasteiger partial charge in [-0.1, -0.05) is 34.1 Å². The van der Waals surface area contributed by atoms with Crippen LogP contribution in [0.5, 0.6) is 11.5 Å². The maximum Gasteiger partial charge on any atom is 0.266 e. The molecule has 0 radical (unpaired) electrons. The van der Waals surface area contributed by atoms with Crippen LogP contribution in [0, 0.1) is 22.7 Å². The van der Waals surface area contributed by atoms with E-state index in [-0.39, 0.29) is 18.1 Å². The number of fused-ring (bicyclic) bond motifs is 1. The molecule has 0 saturated carbocycles. The minimum absolute atomic E-state index is 0.140. The highest BCUT2D eigenvalue weighted by Gasteiger charge is 2.23. The van der Waals surface area contributed by atoms with Gasteiger partial charge in [-0.25, -0.2) is 0 Å². The van der Waals surface area contributed by atoms with Crippen LogP contribution in [0.1, 0.15) is 34.4 Å². The predicted octanol–water partition coefficient (Wildman–Crippen LogP) is 5.83. The number of para-hydroxylation sites is 1. The number of aryl methyl sites for hydroxylation is 1. The molecule has 0 fully saturated rings. The number of nitrogens with one attached hydrogen (secondary N) is 2. The van der Waals surface area contributed by atoms with Crippen molar-refractivity contribution >= 4 is 55.8 Å². The summed E-state index contributed by atoms with van der Waals surface area (Å²) >= 11 is 4.84. The summed E-state index contributed by atoms with van der Waals surface area (Å²) in [4.78, 5) is 26.3. The van der Waals surface area contributed by atoms with E-state index in [1.165, 1.54) is 24.5 Å². The van der Waals surface area contributed by atoms with Gasteiger partial charge in [-0.3, -0.25) is 9.59 Å². The second kappa shape index (κ2) is 12.4. The van der Waals surface area contributed by atoms with Crippen molar-refractivity contribution in [3.63, 3.8) is 0 Å². The molecular weight excluding hydrogens is 568 g/mol. The van der Waals surface area contributed by atoms with Crippen LogP contribution >= 0.6 is 27.3 Å². The number of benzene rings is 2. The number of hydrogen-bond acceptors (Lipinski definition) is 7. The predicted molar refractivity (Wildman–Crippen MR) is 149 cm³/mol. The number of carbonyl (C=O) groups excluding carboxylic acids is 2. The van der Waals surface area contributed by atoms with E-state index in [9.17, 15) is 20.1 Å². The molecule has 8 nitrogen and oxygen atoms in total. The third kappa shape index (κ3) is 6.23. The van der Waals surface area contributed by atoms with E-state index in [0.717, 1.165) is 36.1 Å². The highest BCUT2D eigenvalue weighted by Crippen LogP contribution is 2.38. The van der Waals surface area contributed by atoms with Crippen molar-refractivity contribution in [3.05, 3.63) is 74.1 Å². The standard InChI is InChI=1S/C28H23BrN4O4S/c1-36-23-12-17(22(29)13-24(23)37-16-26(34)32-19-7-3-2-4-8-19)11-18(14-30)27(35)33-28-21(15-31)20-9-5-6-10-25(20)38-28/h2-4,7-8,11-13H,5-6,9-10,16H2,1H3,(H,32,34)(H,33,35)/b18-11+. The third-order valence-electron chi connectivity index (χ3n) is 5.87. The summed E-state index contributed by atoms with van der Waals surface area (Å²) in [6.45, 7) is -0.245. The SMILES string of the molecule is COc1cc(/C=C(\C#N)C(=O)Nc2sc3c(c2C#N)CCCC3)c(Br)cc1OCC(=O)Nc1ccccc1. The van der Waals surface area contributed by atoms with Gasteiger partial charge in [-0.15, -0.1) is 11.3 Å². The Kier molecular flexibility index (Phi) is 8.80. The Morgan fingerprint density at radius 2 is 1.87 bits per heavy atom. The van der Waals surface area contributed by atoms with E-state index >= 15 is 0 Å². The van der Waals surface area contributed by atoms with Crippen LogP contribution in [0.2, 0.25) is 0 Å². The maximum atomic E-state index is 13.0. The number of anilines is 2. The first-order valence-corrected chi connectivity index (χ1v) is 13.4. The zero-order valence-electron chi connectivity index (χ0n) is 20.5. The smallest absolute Gasteiger partial charge is 0.266 e. The van der Waals surface area contributed by atoms with Crippen molar-refractivity contribution < 1.29 is 19.1 Å². The van der Waals surface area contributed by atoms with Crippen molar-refractivity contribution in [2.75, 3.05) is 24.4 Å². The van der Waals surface area contributed by atoms with Gasteiger partial charge in [-0.05, 0) is 67.2 Å². The molecule has 0 spiro atoms. The Morgan fingerprint density at radius 3 is 2.58 bits per heavy atom. The molecule has 2 N–H and O–H groups in total. The molecule has 2 aromatic carbocycles. The van der Waals surface area contributed by atoms with Crippen LogP contribution in [0.25, 0.3) is 6.08 Å². The maximum absolute atomic E-state index is 13.0. The first-order chi connectivity index (χ1) is 18.4. The number of ether oxygens (including phenoxy) is 2. The summed E-state index contributed by atoms with van der Waals surface area (Å²) in [6.07, 6.45) is 5.21. The van der Waals surface area contributed by atoms with Crippen molar-refractivity contribution in [1.82, 2.24) is 0 Å². The van der Waals surface area contributed by atoms with Crippen LogP contribution in [-0.4, -0.2) is 25.5 Å². The molecule has 3 aromatic rings. The number of methoxy groups -OCH3 is 1. The van der Waals surface area contributed by atoms with Crippen LogP contribution in [-0.2, 0) is 22.4 Å². The van der Waals surface area contributed by atoms with E-state index in [2.05, 4.69) is 32.6 Å². The van der Waals surface area contributed by atoms with Gasteiger partial charge in [-0.2, -0.15) is 10.5 Å². The van der Waals surface area contributed by atoms with E-state index in [4.69, 9.17) is 9.47 Å². The molecule has 0 saturated heterocycles. The monoisotopic (exact) mass is 590 g/mol. The normalized spacial score (nSPS) is 12.5. The zero-order chi connectivity index (χ0) is 27.1. The van der Waals surface area contributed by atoms with Crippen LogP contribution in [0.3, 0.4) is 0 Å². The fourth-order valence-electron chi connectivity index (χ4n) is 4.04. The zero-order valence-corrected chi connectivity index (χ0v) is 22.9. The molecule has 0 aliphatic heterocycles. The molecule has 1 heterocycles. The summed E-state index contributed by atoms with van der Waals surface area (Å²) in [5.41, 5.74) is 2.50. The average Bonchev–Trinajstić information content (AvgIpc) is 3.28. The first kappa shape index (κ1) is 26.9.